The van der Waals surface area contributed by atoms with E-state index in [9.17, 15) is 4.79 Å². The molecule has 0 aromatic carbocycles. The maximum atomic E-state index is 11.0. The molecule has 0 aromatic rings. The van der Waals surface area contributed by atoms with Crippen molar-refractivity contribution in [3.05, 3.63) is 12.7 Å². The first-order valence-corrected chi connectivity index (χ1v) is 7.28. The van der Waals surface area contributed by atoms with E-state index >= 15 is 0 Å². The molecule has 0 atom stereocenters. The number of quaternary nitrogens is 1. The van der Waals surface area contributed by atoms with Gasteiger partial charge >= 0.3 is 5.97 Å². The van der Waals surface area contributed by atoms with Gasteiger partial charge in [0.1, 0.15) is 0 Å². The summed E-state index contributed by atoms with van der Waals surface area (Å²) in [5, 5.41) is 0. The van der Waals surface area contributed by atoms with Gasteiger partial charge in [0.2, 0.25) is 0 Å². The van der Waals surface area contributed by atoms with E-state index in [0.717, 1.165) is 13.0 Å². The highest BCUT2D eigenvalue weighted by atomic mass is 16.5. The van der Waals surface area contributed by atoms with Crippen molar-refractivity contribution in [3.8, 4) is 0 Å². The largest absolute Gasteiger partial charge is 0.462 e. The van der Waals surface area contributed by atoms with Crippen molar-refractivity contribution in [2.45, 2.75) is 46.5 Å². The fourth-order valence-corrected chi connectivity index (χ4v) is 2.73. The van der Waals surface area contributed by atoms with Gasteiger partial charge in [-0.3, -0.25) is 0 Å². The SMILES string of the molecule is C=CC(=O)OCCC[N+](CCC)(CCC)CCC. The van der Waals surface area contributed by atoms with Gasteiger partial charge in [0.15, 0.2) is 0 Å². The van der Waals surface area contributed by atoms with Gasteiger partial charge in [0.25, 0.3) is 0 Å². The summed E-state index contributed by atoms with van der Waals surface area (Å²) in [5.74, 6) is -0.311. The molecule has 0 saturated carbocycles. The van der Waals surface area contributed by atoms with E-state index in [2.05, 4.69) is 27.4 Å². The van der Waals surface area contributed by atoms with Crippen molar-refractivity contribution in [2.75, 3.05) is 32.8 Å². The van der Waals surface area contributed by atoms with Gasteiger partial charge in [-0.25, -0.2) is 4.79 Å². The average Bonchev–Trinajstić information content (AvgIpc) is 2.35. The molecular formula is C15H30NO2+. The van der Waals surface area contributed by atoms with Crippen LogP contribution in [-0.4, -0.2) is 43.2 Å². The predicted octanol–water partition coefficient (Wildman–Crippen LogP) is 3.15. The maximum absolute atomic E-state index is 11.0. The normalized spacial score (nSPS) is 11.3. The van der Waals surface area contributed by atoms with Crippen LogP contribution in [0.3, 0.4) is 0 Å². The third-order valence-electron chi connectivity index (χ3n) is 3.28. The monoisotopic (exact) mass is 256 g/mol. The fourth-order valence-electron chi connectivity index (χ4n) is 2.73. The van der Waals surface area contributed by atoms with Crippen LogP contribution in [-0.2, 0) is 9.53 Å². The highest BCUT2D eigenvalue weighted by Gasteiger charge is 2.23. The number of carbonyl (C=O) groups excluding carboxylic acids is 1. The van der Waals surface area contributed by atoms with Crippen LogP contribution in [0.25, 0.3) is 0 Å². The molecule has 0 saturated heterocycles. The summed E-state index contributed by atoms with van der Waals surface area (Å²) < 4.78 is 6.23. The minimum absolute atomic E-state index is 0.311. The first-order valence-electron chi connectivity index (χ1n) is 7.28. The summed E-state index contributed by atoms with van der Waals surface area (Å²) >= 11 is 0. The van der Waals surface area contributed by atoms with Gasteiger partial charge in [-0.1, -0.05) is 27.4 Å². The molecule has 0 unspecified atom stereocenters. The van der Waals surface area contributed by atoms with Crippen LogP contribution < -0.4 is 0 Å². The molecule has 0 aliphatic rings. The average molecular weight is 256 g/mol. The van der Waals surface area contributed by atoms with E-state index in [-0.39, 0.29) is 5.97 Å². The molecule has 0 aliphatic heterocycles. The molecule has 0 radical (unpaired) electrons. The van der Waals surface area contributed by atoms with E-state index in [1.807, 2.05) is 0 Å². The third-order valence-corrected chi connectivity index (χ3v) is 3.28. The number of hydrogen-bond donors (Lipinski definition) is 0. The maximum Gasteiger partial charge on any atom is 0.330 e. The summed E-state index contributed by atoms with van der Waals surface area (Å²) in [6.07, 6.45) is 5.82. The van der Waals surface area contributed by atoms with Gasteiger partial charge in [0.05, 0.1) is 32.8 Å². The summed E-state index contributed by atoms with van der Waals surface area (Å²) in [6, 6.07) is 0. The zero-order valence-corrected chi connectivity index (χ0v) is 12.4. The zero-order chi connectivity index (χ0) is 13.9. The van der Waals surface area contributed by atoms with Crippen LogP contribution in [0.4, 0.5) is 0 Å². The van der Waals surface area contributed by atoms with Crippen molar-refractivity contribution in [3.63, 3.8) is 0 Å². The second kappa shape index (κ2) is 10.1. The number of hydrogen-bond acceptors (Lipinski definition) is 2. The molecule has 0 rings (SSSR count). The van der Waals surface area contributed by atoms with Gasteiger partial charge in [-0.05, 0) is 19.3 Å². The van der Waals surface area contributed by atoms with Crippen molar-refractivity contribution >= 4 is 5.97 Å². The van der Waals surface area contributed by atoms with E-state index in [4.69, 9.17) is 4.74 Å². The van der Waals surface area contributed by atoms with Gasteiger partial charge < -0.3 is 9.22 Å². The Labute approximate surface area is 112 Å². The molecule has 3 nitrogen and oxygen atoms in total. The lowest BCUT2D eigenvalue weighted by atomic mass is 10.2. The van der Waals surface area contributed by atoms with E-state index in [1.54, 1.807) is 0 Å². The van der Waals surface area contributed by atoms with Gasteiger partial charge in [-0.15, -0.1) is 0 Å². The lowest BCUT2D eigenvalue weighted by Crippen LogP contribution is -2.50. The first-order chi connectivity index (χ1) is 8.64. The van der Waals surface area contributed by atoms with Crippen molar-refractivity contribution in [1.29, 1.82) is 0 Å². The standard InChI is InChI=1S/C15H30NO2/c1-5-10-16(11-6-2,12-7-3)13-9-14-18-15(17)8-4/h8H,4-7,9-14H2,1-3H3/q+1. The Morgan fingerprint density at radius 2 is 1.56 bits per heavy atom. The Bertz CT molecular complexity index is 222. The number of nitrogens with zero attached hydrogens (tertiary/aromatic N) is 1. The van der Waals surface area contributed by atoms with E-state index in [1.165, 1.54) is 49.5 Å². The Balaban J connectivity index is 4.20. The third kappa shape index (κ3) is 6.80. The second-order valence-corrected chi connectivity index (χ2v) is 4.96. The number of ether oxygens (including phenoxy) is 1. The lowest BCUT2D eigenvalue weighted by Gasteiger charge is -2.38. The molecular weight excluding hydrogens is 226 g/mol. The summed E-state index contributed by atoms with van der Waals surface area (Å²) in [7, 11) is 0. The Hall–Kier alpha value is -0.830. The van der Waals surface area contributed by atoms with E-state index < -0.39 is 0 Å². The Morgan fingerprint density at radius 1 is 1.06 bits per heavy atom. The minimum Gasteiger partial charge on any atom is -0.462 e. The highest BCUT2D eigenvalue weighted by Crippen LogP contribution is 2.13. The smallest absolute Gasteiger partial charge is 0.330 e. The first kappa shape index (κ1) is 17.2. The fraction of sp³-hybridized carbons (Fsp3) is 0.800. The highest BCUT2D eigenvalue weighted by molar-refractivity contribution is 5.81. The van der Waals surface area contributed by atoms with Crippen molar-refractivity contribution in [1.82, 2.24) is 0 Å². The quantitative estimate of drug-likeness (QED) is 0.246. The second-order valence-electron chi connectivity index (χ2n) is 4.96. The summed E-state index contributed by atoms with van der Waals surface area (Å²) in [4.78, 5) is 11.0. The predicted molar refractivity (Wildman–Crippen MR) is 76.4 cm³/mol. The molecule has 0 aliphatic carbocycles. The summed E-state index contributed by atoms with van der Waals surface area (Å²) in [6.45, 7) is 15.5. The Morgan fingerprint density at radius 3 is 1.94 bits per heavy atom. The number of rotatable bonds is 11. The van der Waals surface area contributed by atoms with Crippen LogP contribution in [0.5, 0.6) is 0 Å². The Kier molecular flexibility index (Phi) is 9.66. The number of carbonyl (C=O) groups is 1. The molecule has 0 aromatic heterocycles. The minimum atomic E-state index is -0.311. The molecule has 0 N–H and O–H groups in total. The van der Waals surface area contributed by atoms with Crippen LogP contribution >= 0.6 is 0 Å². The molecule has 0 spiro atoms. The molecule has 0 fully saturated rings. The molecule has 106 valence electrons. The summed E-state index contributed by atoms with van der Waals surface area (Å²) in [5.41, 5.74) is 0. The van der Waals surface area contributed by atoms with Crippen molar-refractivity contribution in [2.24, 2.45) is 0 Å². The molecule has 0 amide bonds. The van der Waals surface area contributed by atoms with Crippen LogP contribution in [0, 0.1) is 0 Å². The molecule has 3 heteroatoms. The van der Waals surface area contributed by atoms with Crippen LogP contribution in [0.15, 0.2) is 12.7 Å². The van der Waals surface area contributed by atoms with Gasteiger partial charge in [0, 0.05) is 12.5 Å². The zero-order valence-electron chi connectivity index (χ0n) is 12.4. The molecule has 0 heterocycles. The van der Waals surface area contributed by atoms with Crippen molar-refractivity contribution < 1.29 is 14.0 Å². The van der Waals surface area contributed by atoms with Gasteiger partial charge in [-0.2, -0.15) is 0 Å². The van der Waals surface area contributed by atoms with Crippen LogP contribution in [0.2, 0.25) is 0 Å². The molecule has 18 heavy (non-hydrogen) atoms. The topological polar surface area (TPSA) is 26.3 Å². The van der Waals surface area contributed by atoms with Crippen LogP contribution in [0.1, 0.15) is 46.5 Å². The number of esters is 1. The lowest BCUT2D eigenvalue weighted by molar-refractivity contribution is -0.928. The van der Waals surface area contributed by atoms with E-state index in [0.29, 0.717) is 6.61 Å². The molecule has 0 bridgehead atoms.